The van der Waals surface area contributed by atoms with Crippen LogP contribution in [0, 0.1) is 11.8 Å². The Labute approximate surface area is 256 Å². The normalized spacial score (nSPS) is 15.4. The molecule has 3 aromatic rings. The maximum absolute atomic E-state index is 10.8. The number of benzene rings is 1. The molecule has 0 aliphatic carbocycles. The van der Waals surface area contributed by atoms with E-state index in [-0.39, 0.29) is 12.0 Å². The van der Waals surface area contributed by atoms with Crippen molar-refractivity contribution in [2.75, 3.05) is 20.7 Å². The summed E-state index contributed by atoms with van der Waals surface area (Å²) in [5.74, 6) is 6.19. The lowest BCUT2D eigenvalue weighted by Crippen LogP contribution is -2.24. The summed E-state index contributed by atoms with van der Waals surface area (Å²) in [5.41, 5.74) is 15.0. The fourth-order valence-electron chi connectivity index (χ4n) is 4.48. The van der Waals surface area contributed by atoms with Gasteiger partial charge in [0.25, 0.3) is 0 Å². The average Bonchev–Trinajstić information content (AvgIpc) is 3.62. The number of carbonyl (C=O) groups excluding carboxylic acids is 2. The Morgan fingerprint density at radius 1 is 1.12 bits per heavy atom. The van der Waals surface area contributed by atoms with Gasteiger partial charge in [0.1, 0.15) is 11.4 Å². The quantitative estimate of drug-likeness (QED) is 0.221. The third-order valence-corrected chi connectivity index (χ3v) is 7.01. The van der Waals surface area contributed by atoms with Crippen LogP contribution in [-0.2, 0) is 22.4 Å². The molecule has 1 amide bonds. The van der Waals surface area contributed by atoms with Crippen LogP contribution in [0.1, 0.15) is 85.5 Å². The molecular formula is C35H47N5O3. The number of aromatic amines is 1. The Kier molecular flexibility index (Phi) is 15.0. The zero-order valence-electron chi connectivity index (χ0n) is 26.2. The van der Waals surface area contributed by atoms with Gasteiger partial charge in [0.15, 0.2) is 6.29 Å². The summed E-state index contributed by atoms with van der Waals surface area (Å²) in [6.07, 6.45) is 11.0. The SMILES string of the molecule is CN1CCCC1c1cc(=C/N)/c(=C\Cc2ccc(CCCC#Cc3cccc(C=O)n3)cc2)[nH]1.COC(C)(C)C.NC=O. The van der Waals surface area contributed by atoms with E-state index >= 15 is 0 Å². The third-order valence-electron chi connectivity index (χ3n) is 7.01. The lowest BCUT2D eigenvalue weighted by molar-refractivity contribution is -0.106. The largest absolute Gasteiger partial charge is 0.404 e. The second-order valence-electron chi connectivity index (χ2n) is 11.3. The first-order valence-corrected chi connectivity index (χ1v) is 14.6. The molecule has 2 aromatic heterocycles. The van der Waals surface area contributed by atoms with E-state index in [4.69, 9.17) is 15.3 Å². The topological polar surface area (TPSA) is 127 Å². The minimum absolute atomic E-state index is 0.0417. The molecule has 1 atom stereocenters. The van der Waals surface area contributed by atoms with E-state index in [0.29, 0.717) is 17.4 Å². The molecule has 1 aromatic carbocycles. The van der Waals surface area contributed by atoms with Gasteiger partial charge in [0.2, 0.25) is 6.41 Å². The van der Waals surface area contributed by atoms with Gasteiger partial charge in [-0.05, 0) is 102 Å². The Morgan fingerprint density at radius 3 is 2.37 bits per heavy atom. The molecule has 3 heterocycles. The number of primary amides is 1. The van der Waals surface area contributed by atoms with Crippen LogP contribution in [-0.4, -0.2) is 53.9 Å². The van der Waals surface area contributed by atoms with Crippen LogP contribution in [0.15, 0.2) is 48.5 Å². The number of aldehydes is 1. The van der Waals surface area contributed by atoms with E-state index in [0.717, 1.165) is 49.1 Å². The number of unbranched alkanes of at least 4 members (excludes halogenated alkanes) is 1. The van der Waals surface area contributed by atoms with Crippen molar-refractivity contribution in [2.24, 2.45) is 11.5 Å². The summed E-state index contributed by atoms with van der Waals surface area (Å²) in [5, 5.41) is 2.18. The number of carbonyl (C=O) groups is 2. The minimum atomic E-state index is 0.0417. The molecule has 230 valence electrons. The van der Waals surface area contributed by atoms with Gasteiger partial charge >= 0.3 is 0 Å². The predicted octanol–water partition coefficient (Wildman–Crippen LogP) is 3.62. The summed E-state index contributed by atoms with van der Waals surface area (Å²) in [6, 6.07) is 16.8. The van der Waals surface area contributed by atoms with Gasteiger partial charge in [-0.2, -0.15) is 0 Å². The van der Waals surface area contributed by atoms with Crippen molar-refractivity contribution in [2.45, 2.75) is 70.9 Å². The molecule has 1 unspecified atom stereocenters. The van der Waals surface area contributed by atoms with Gasteiger partial charge in [0, 0.05) is 42.0 Å². The zero-order valence-corrected chi connectivity index (χ0v) is 26.2. The predicted molar refractivity (Wildman–Crippen MR) is 174 cm³/mol. The van der Waals surface area contributed by atoms with Gasteiger partial charge in [-0.15, -0.1) is 0 Å². The second kappa shape index (κ2) is 18.4. The Hall–Kier alpha value is -4.19. The summed E-state index contributed by atoms with van der Waals surface area (Å²) in [7, 11) is 3.90. The van der Waals surface area contributed by atoms with Gasteiger partial charge in [-0.3, -0.25) is 14.5 Å². The summed E-state index contributed by atoms with van der Waals surface area (Å²) in [4.78, 5) is 29.6. The van der Waals surface area contributed by atoms with Gasteiger partial charge in [-0.25, -0.2) is 4.98 Å². The Bertz CT molecular complexity index is 1460. The number of nitrogens with zero attached hydrogens (tertiary/aromatic N) is 2. The number of rotatable bonds is 7. The molecule has 5 N–H and O–H groups in total. The summed E-state index contributed by atoms with van der Waals surface area (Å²) >= 11 is 0. The first kappa shape index (κ1) is 35.0. The van der Waals surface area contributed by atoms with Gasteiger partial charge < -0.3 is 21.2 Å². The highest BCUT2D eigenvalue weighted by Gasteiger charge is 2.23. The van der Waals surface area contributed by atoms with Crippen LogP contribution >= 0.6 is 0 Å². The molecule has 1 aliphatic heterocycles. The number of aryl methyl sites for hydroxylation is 1. The van der Waals surface area contributed by atoms with E-state index in [1.54, 1.807) is 25.4 Å². The first-order valence-electron chi connectivity index (χ1n) is 14.6. The highest BCUT2D eigenvalue weighted by atomic mass is 16.5. The van der Waals surface area contributed by atoms with Crippen molar-refractivity contribution in [1.29, 1.82) is 0 Å². The van der Waals surface area contributed by atoms with Crippen LogP contribution < -0.4 is 22.0 Å². The number of H-pyrrole nitrogens is 1. The number of methoxy groups -OCH3 is 1. The van der Waals surface area contributed by atoms with Crippen LogP contribution in [0.3, 0.4) is 0 Å². The molecule has 1 saturated heterocycles. The lowest BCUT2D eigenvalue weighted by Gasteiger charge is -2.17. The number of likely N-dealkylation sites (tertiary alicyclic amines) is 1. The molecule has 1 aliphatic rings. The van der Waals surface area contributed by atoms with Crippen molar-refractivity contribution in [3.05, 3.63) is 87.3 Å². The van der Waals surface area contributed by atoms with Crippen molar-refractivity contribution >= 4 is 25.0 Å². The molecule has 8 heteroatoms. The number of hydrogen-bond donors (Lipinski definition) is 3. The minimum Gasteiger partial charge on any atom is -0.404 e. The third kappa shape index (κ3) is 12.7. The maximum atomic E-state index is 10.8. The Morgan fingerprint density at radius 2 is 1.79 bits per heavy atom. The van der Waals surface area contributed by atoms with Gasteiger partial charge in [-0.1, -0.05) is 42.3 Å². The molecule has 0 bridgehead atoms. The van der Waals surface area contributed by atoms with E-state index in [1.807, 2.05) is 26.8 Å². The van der Waals surface area contributed by atoms with Crippen LogP contribution in [0.5, 0.6) is 0 Å². The fraction of sp³-hybridized carbons (Fsp3) is 0.400. The number of amides is 1. The molecule has 0 saturated carbocycles. The smallest absolute Gasteiger partial charge is 0.204 e. The fourth-order valence-corrected chi connectivity index (χ4v) is 4.48. The molecular weight excluding hydrogens is 538 g/mol. The highest BCUT2D eigenvalue weighted by Crippen LogP contribution is 2.27. The molecule has 43 heavy (non-hydrogen) atoms. The van der Waals surface area contributed by atoms with E-state index in [2.05, 4.69) is 75.9 Å². The number of hydrogen-bond acceptors (Lipinski definition) is 6. The van der Waals surface area contributed by atoms with Gasteiger partial charge in [0.05, 0.1) is 5.60 Å². The molecule has 0 spiro atoms. The maximum Gasteiger partial charge on any atom is 0.204 e. The van der Waals surface area contributed by atoms with E-state index in [1.165, 1.54) is 29.7 Å². The average molecular weight is 586 g/mol. The van der Waals surface area contributed by atoms with E-state index in [9.17, 15) is 4.79 Å². The number of nitrogens with two attached hydrogens (primary N) is 2. The van der Waals surface area contributed by atoms with Crippen LogP contribution in [0.4, 0.5) is 0 Å². The number of nitrogens with one attached hydrogen (secondary N) is 1. The number of aromatic nitrogens is 2. The van der Waals surface area contributed by atoms with Crippen molar-refractivity contribution in [1.82, 2.24) is 14.9 Å². The van der Waals surface area contributed by atoms with Crippen molar-refractivity contribution < 1.29 is 14.3 Å². The monoisotopic (exact) mass is 585 g/mol. The van der Waals surface area contributed by atoms with Crippen molar-refractivity contribution in [3.8, 4) is 11.8 Å². The molecule has 0 radical (unpaired) electrons. The molecule has 1 fully saturated rings. The van der Waals surface area contributed by atoms with Crippen LogP contribution in [0.25, 0.3) is 12.3 Å². The number of pyridine rings is 1. The standard InChI is InChI=1S/C29H32N4O.C5H12O.CH3NO/c1-33-18-6-11-29(33)28-19-24(20-30)27(32-28)17-16-23-14-12-22(13-15-23)7-3-2-4-8-25-9-5-10-26(21-34)31-25;1-5(2,3)6-4;2-1-3/h5,9-10,12-15,17,19-21,29,32H,2-3,6-7,11,16,18,30H2,1H3;1-4H3;1H,(H2,2,3)/b24-20-,27-17+;;. The van der Waals surface area contributed by atoms with Crippen LogP contribution in [0.2, 0.25) is 0 Å². The van der Waals surface area contributed by atoms with Crippen molar-refractivity contribution in [3.63, 3.8) is 0 Å². The zero-order chi connectivity index (χ0) is 31.7. The highest BCUT2D eigenvalue weighted by molar-refractivity contribution is 5.71. The summed E-state index contributed by atoms with van der Waals surface area (Å²) in [6.45, 7) is 7.21. The number of ether oxygens (including phenoxy) is 1. The lowest BCUT2D eigenvalue weighted by atomic mass is 10.0. The first-order chi connectivity index (χ1) is 20.6. The van der Waals surface area contributed by atoms with E-state index < -0.39 is 0 Å². The molecule has 4 rings (SSSR count). The Balaban J connectivity index is 0.000000630. The second-order valence-corrected chi connectivity index (χ2v) is 11.3. The summed E-state index contributed by atoms with van der Waals surface area (Å²) < 4.78 is 4.94. The molecule has 8 nitrogen and oxygen atoms in total.